The van der Waals surface area contributed by atoms with Gasteiger partial charge in [0.05, 0.1) is 12.1 Å². The van der Waals surface area contributed by atoms with Crippen LogP contribution in [0.25, 0.3) is 0 Å². The van der Waals surface area contributed by atoms with Crippen molar-refractivity contribution >= 4 is 5.91 Å². The molecule has 3 N–H and O–H groups in total. The van der Waals surface area contributed by atoms with Gasteiger partial charge in [-0.15, -0.1) is 0 Å². The van der Waals surface area contributed by atoms with Crippen LogP contribution in [-0.4, -0.2) is 65.3 Å². The predicted molar refractivity (Wildman–Crippen MR) is 138 cm³/mol. The van der Waals surface area contributed by atoms with Gasteiger partial charge in [0.25, 0.3) is 0 Å². The van der Waals surface area contributed by atoms with Gasteiger partial charge >= 0.3 is 0 Å². The molecule has 4 rings (SSSR count). The van der Waals surface area contributed by atoms with Gasteiger partial charge in [-0.05, 0) is 81.5 Å². The molecule has 0 aromatic carbocycles. The second-order valence-corrected chi connectivity index (χ2v) is 12.7. The molecule has 1 unspecified atom stereocenters. The molecule has 0 bridgehead atoms. The number of carbonyl (C=O) groups is 1. The Kier molecular flexibility index (Phi) is 8.08. The van der Waals surface area contributed by atoms with Crippen LogP contribution in [0.15, 0.2) is 12.3 Å². The number of pyridine rings is 1. The van der Waals surface area contributed by atoms with Crippen LogP contribution in [0.5, 0.6) is 5.88 Å². The zero-order valence-corrected chi connectivity index (χ0v) is 22.4. The van der Waals surface area contributed by atoms with Crippen molar-refractivity contribution in [2.75, 3.05) is 26.7 Å². The lowest BCUT2D eigenvalue weighted by Crippen LogP contribution is -2.52. The van der Waals surface area contributed by atoms with Crippen molar-refractivity contribution < 1.29 is 14.6 Å². The van der Waals surface area contributed by atoms with E-state index in [0.29, 0.717) is 12.5 Å². The second kappa shape index (κ2) is 10.7. The van der Waals surface area contributed by atoms with E-state index in [0.717, 1.165) is 63.1 Å². The van der Waals surface area contributed by atoms with E-state index >= 15 is 0 Å². The Morgan fingerprint density at radius 1 is 1.34 bits per heavy atom. The number of likely N-dealkylation sites (tertiary alicyclic amines) is 1. The molecular weight excluding hydrogens is 440 g/mol. The minimum absolute atomic E-state index is 0.0833. The highest BCUT2D eigenvalue weighted by Gasteiger charge is 2.46. The largest absolute Gasteiger partial charge is 0.471 e. The minimum atomic E-state index is -0.652. The molecular formula is C28H46N4O3. The fourth-order valence-corrected chi connectivity index (χ4v) is 6.15. The first-order valence-corrected chi connectivity index (χ1v) is 13.6. The maximum Gasteiger partial charge on any atom is 0.218 e. The number of carbonyl (C=O) groups excluding carboxylic acids is 1. The molecule has 1 amide bonds. The van der Waals surface area contributed by atoms with Crippen LogP contribution < -0.4 is 15.4 Å². The summed E-state index contributed by atoms with van der Waals surface area (Å²) in [7, 11) is 2.15. The smallest absolute Gasteiger partial charge is 0.218 e. The zero-order valence-electron chi connectivity index (χ0n) is 22.4. The fourth-order valence-electron chi connectivity index (χ4n) is 6.15. The van der Waals surface area contributed by atoms with Gasteiger partial charge < -0.3 is 25.4 Å². The van der Waals surface area contributed by atoms with Crippen molar-refractivity contribution in [3.8, 4) is 5.88 Å². The highest BCUT2D eigenvalue weighted by Crippen LogP contribution is 2.48. The van der Waals surface area contributed by atoms with E-state index < -0.39 is 6.10 Å². The normalized spacial score (nSPS) is 25.8. The average Bonchev–Trinajstić information content (AvgIpc) is 2.74. The van der Waals surface area contributed by atoms with Crippen LogP contribution in [0.1, 0.15) is 89.8 Å². The third kappa shape index (κ3) is 6.95. The van der Waals surface area contributed by atoms with Crippen LogP contribution in [0.4, 0.5) is 0 Å². The summed E-state index contributed by atoms with van der Waals surface area (Å²) in [5.41, 5.74) is 2.37. The van der Waals surface area contributed by atoms with E-state index in [1.807, 2.05) is 6.20 Å². The number of piperidine rings is 1. The van der Waals surface area contributed by atoms with Crippen LogP contribution in [0.2, 0.25) is 0 Å². The summed E-state index contributed by atoms with van der Waals surface area (Å²) in [5.74, 6) is 1.15. The Hall–Kier alpha value is -1.70. The Morgan fingerprint density at radius 2 is 2.11 bits per heavy atom. The third-order valence-corrected chi connectivity index (χ3v) is 7.94. The highest BCUT2D eigenvalue weighted by molar-refractivity contribution is 5.73. The highest BCUT2D eigenvalue weighted by atomic mass is 16.5. The third-order valence-electron chi connectivity index (χ3n) is 7.94. The van der Waals surface area contributed by atoms with Crippen LogP contribution >= 0.6 is 0 Å². The molecule has 3 heterocycles. The molecule has 35 heavy (non-hydrogen) atoms. The quantitative estimate of drug-likeness (QED) is 0.521. The van der Waals surface area contributed by atoms with Gasteiger partial charge in [0.15, 0.2) is 0 Å². The Morgan fingerprint density at radius 3 is 2.74 bits per heavy atom. The van der Waals surface area contributed by atoms with Gasteiger partial charge in [-0.1, -0.05) is 20.8 Å². The summed E-state index contributed by atoms with van der Waals surface area (Å²) in [4.78, 5) is 19.0. The Balaban J connectivity index is 1.46. The standard InChI is InChI=1S/C28H46N4O3/c1-19(33)31-23(13-20-8-6-11-32(5)18-20)25(34)17-29-24-15-28(9-7-10-28)35-26-22(24)12-21(16-30-26)14-27(2,3)4/h12,16,20,23-25,29,34H,6-11,13-15,17-18H2,1-5H3,(H,31,33)/t20?,23-,24-,25+/m0/s1. The molecule has 2 aliphatic heterocycles. The number of fused-ring (bicyclic) bond motifs is 1. The van der Waals surface area contributed by atoms with Gasteiger partial charge in [-0.25, -0.2) is 4.98 Å². The van der Waals surface area contributed by atoms with Crippen molar-refractivity contribution in [3.63, 3.8) is 0 Å². The average molecular weight is 487 g/mol. The number of amides is 1. The van der Waals surface area contributed by atoms with E-state index in [1.165, 1.54) is 25.3 Å². The monoisotopic (exact) mass is 486 g/mol. The summed E-state index contributed by atoms with van der Waals surface area (Å²) in [6.45, 7) is 10.8. The van der Waals surface area contributed by atoms with E-state index in [-0.39, 0.29) is 29.0 Å². The molecule has 196 valence electrons. The summed E-state index contributed by atoms with van der Waals surface area (Å²) in [6.07, 6.45) is 9.59. The molecule has 2 fully saturated rings. The molecule has 1 saturated carbocycles. The SMILES string of the molecule is CC(=O)N[C@@H](CC1CCCN(C)C1)[C@H](O)CN[C@H]1CC2(CCC2)Oc2ncc(CC(C)(C)C)cc21. The molecule has 1 saturated heterocycles. The zero-order chi connectivity index (χ0) is 25.2. The number of nitrogens with one attached hydrogen (secondary N) is 2. The predicted octanol–water partition coefficient (Wildman–Crippen LogP) is 3.60. The van der Waals surface area contributed by atoms with E-state index in [4.69, 9.17) is 9.72 Å². The number of hydrogen-bond donors (Lipinski definition) is 3. The summed E-state index contributed by atoms with van der Waals surface area (Å²) < 4.78 is 6.41. The number of aromatic nitrogens is 1. The topological polar surface area (TPSA) is 86.7 Å². The van der Waals surface area contributed by atoms with Gasteiger partial charge in [-0.2, -0.15) is 0 Å². The number of rotatable bonds is 8. The van der Waals surface area contributed by atoms with E-state index in [9.17, 15) is 9.90 Å². The van der Waals surface area contributed by atoms with Crippen molar-refractivity contribution in [1.29, 1.82) is 0 Å². The summed E-state index contributed by atoms with van der Waals surface area (Å²) in [6, 6.07) is 2.07. The number of hydrogen-bond acceptors (Lipinski definition) is 6. The van der Waals surface area contributed by atoms with Gasteiger partial charge in [-0.3, -0.25) is 4.79 Å². The first kappa shape index (κ1) is 26.4. The van der Waals surface area contributed by atoms with E-state index in [2.05, 4.69) is 49.4 Å². The van der Waals surface area contributed by atoms with Crippen LogP contribution in [0.3, 0.4) is 0 Å². The maximum absolute atomic E-state index is 11.9. The summed E-state index contributed by atoms with van der Waals surface area (Å²) in [5, 5.41) is 17.9. The van der Waals surface area contributed by atoms with Crippen LogP contribution in [-0.2, 0) is 11.2 Å². The number of aliphatic hydroxyl groups excluding tert-OH is 1. The minimum Gasteiger partial charge on any atom is -0.471 e. The van der Waals surface area contributed by atoms with E-state index in [1.54, 1.807) is 0 Å². The molecule has 0 radical (unpaired) electrons. The molecule has 7 nitrogen and oxygen atoms in total. The van der Waals surface area contributed by atoms with Crippen LogP contribution in [0, 0.1) is 11.3 Å². The number of aliphatic hydroxyl groups is 1. The number of nitrogens with zero attached hydrogens (tertiary/aromatic N) is 2. The Labute approximate surface area is 211 Å². The van der Waals surface area contributed by atoms with Crippen molar-refractivity contribution in [2.45, 2.75) is 103 Å². The lowest BCUT2D eigenvalue weighted by atomic mass is 9.73. The lowest BCUT2D eigenvalue weighted by molar-refractivity contribution is -0.120. The molecule has 1 aliphatic carbocycles. The van der Waals surface area contributed by atoms with Gasteiger partial charge in [0, 0.05) is 44.2 Å². The summed E-state index contributed by atoms with van der Waals surface area (Å²) >= 11 is 0. The lowest BCUT2D eigenvalue weighted by Gasteiger charge is -2.47. The molecule has 4 atom stereocenters. The molecule has 3 aliphatic rings. The van der Waals surface area contributed by atoms with Crippen molar-refractivity contribution in [2.24, 2.45) is 11.3 Å². The fraction of sp³-hybridized carbons (Fsp3) is 0.786. The first-order valence-electron chi connectivity index (χ1n) is 13.6. The molecule has 1 aromatic rings. The van der Waals surface area contributed by atoms with Gasteiger partial charge in [0.1, 0.15) is 5.60 Å². The van der Waals surface area contributed by atoms with Crippen molar-refractivity contribution in [1.82, 2.24) is 20.5 Å². The molecule has 1 aromatic heterocycles. The van der Waals surface area contributed by atoms with Crippen molar-refractivity contribution in [3.05, 3.63) is 23.4 Å². The first-order chi connectivity index (χ1) is 16.5. The number of ether oxygens (including phenoxy) is 1. The molecule has 1 spiro atoms. The second-order valence-electron chi connectivity index (χ2n) is 12.7. The maximum atomic E-state index is 11.9. The van der Waals surface area contributed by atoms with Gasteiger partial charge in [0.2, 0.25) is 11.8 Å². The molecule has 7 heteroatoms. The Bertz CT molecular complexity index is 879.